The van der Waals surface area contributed by atoms with Gasteiger partial charge in [-0.05, 0) is 22.0 Å². The van der Waals surface area contributed by atoms with Gasteiger partial charge in [0.05, 0.1) is 5.69 Å². The average molecular weight is 299 g/mol. The Kier molecular flexibility index (Phi) is 7.72. The highest BCUT2D eigenvalue weighted by Crippen LogP contribution is 2.22. The summed E-state index contributed by atoms with van der Waals surface area (Å²) in [5.74, 6) is 0.769. The second kappa shape index (κ2) is 8.53. The van der Waals surface area contributed by atoms with E-state index in [0.29, 0.717) is 6.54 Å². The molecule has 0 saturated heterocycles. The normalized spacial score (nSPS) is 10.6. The molecule has 1 aromatic heterocycles. The number of nitrogens with one attached hydrogen (secondary N) is 2. The van der Waals surface area contributed by atoms with Crippen LogP contribution in [0.2, 0.25) is 0 Å². The Bertz CT molecular complexity index is 381. The van der Waals surface area contributed by atoms with E-state index in [1.807, 2.05) is 20.0 Å². The number of carbonyl (C=O) groups is 1. The molecule has 1 heterocycles. The molecular weight excluding hydrogens is 284 g/mol. The van der Waals surface area contributed by atoms with Crippen LogP contribution in [0.25, 0.3) is 0 Å². The molecule has 1 unspecified atom stereocenters. The molecular formula is C11H15BrN4O. The number of halogens is 1. The van der Waals surface area contributed by atoms with Crippen LogP contribution in [0.3, 0.4) is 0 Å². The summed E-state index contributed by atoms with van der Waals surface area (Å²) in [5, 5.41) is 12.7. The Hall–Kier alpha value is -1.61. The maximum absolute atomic E-state index is 10.5. The Morgan fingerprint density at radius 1 is 1.65 bits per heavy atom. The number of carbonyl (C=O) groups excluding carboxylic acids is 1. The predicted octanol–water partition coefficient (Wildman–Crippen LogP) is 2.27. The van der Waals surface area contributed by atoms with Crippen molar-refractivity contribution in [2.45, 2.75) is 6.92 Å². The molecule has 0 radical (unpaired) electrons. The highest BCUT2D eigenvalue weighted by atomic mass is 79.9. The lowest BCUT2D eigenvalue weighted by Crippen LogP contribution is -2.13. The van der Waals surface area contributed by atoms with E-state index in [1.165, 1.54) is 0 Å². The topological polar surface area (TPSA) is 77.8 Å². The van der Waals surface area contributed by atoms with Crippen LogP contribution >= 0.6 is 15.9 Å². The molecule has 0 saturated carbocycles. The zero-order valence-electron chi connectivity index (χ0n) is 9.77. The van der Waals surface area contributed by atoms with E-state index in [9.17, 15) is 4.79 Å². The highest BCUT2D eigenvalue weighted by molar-refractivity contribution is 9.10. The van der Waals surface area contributed by atoms with E-state index in [-0.39, 0.29) is 5.92 Å². The third-order valence-electron chi connectivity index (χ3n) is 1.94. The fourth-order valence-electron chi connectivity index (χ4n) is 1.09. The predicted molar refractivity (Wildman–Crippen MR) is 71.9 cm³/mol. The van der Waals surface area contributed by atoms with Gasteiger partial charge in [-0.15, -0.1) is 0 Å². The van der Waals surface area contributed by atoms with Crippen LogP contribution in [0.1, 0.15) is 6.92 Å². The summed E-state index contributed by atoms with van der Waals surface area (Å²) in [4.78, 5) is 14.7. The van der Waals surface area contributed by atoms with E-state index in [0.717, 1.165) is 22.3 Å². The minimum absolute atomic E-state index is 0.00584. The van der Waals surface area contributed by atoms with Crippen molar-refractivity contribution in [3.63, 3.8) is 0 Å². The van der Waals surface area contributed by atoms with Gasteiger partial charge in [-0.2, -0.15) is 0 Å². The fraction of sp³-hybridized carbons (Fsp3) is 0.364. The van der Waals surface area contributed by atoms with Crippen molar-refractivity contribution in [3.8, 4) is 6.57 Å². The van der Waals surface area contributed by atoms with E-state index in [2.05, 4.69) is 38.1 Å². The van der Waals surface area contributed by atoms with Crippen molar-refractivity contribution < 1.29 is 4.79 Å². The Labute approximate surface area is 109 Å². The van der Waals surface area contributed by atoms with Crippen molar-refractivity contribution in [1.29, 1.82) is 5.26 Å². The zero-order chi connectivity index (χ0) is 13.3. The van der Waals surface area contributed by atoms with E-state index >= 15 is 0 Å². The van der Waals surface area contributed by atoms with Crippen LogP contribution in [0.5, 0.6) is 0 Å². The van der Waals surface area contributed by atoms with Crippen molar-refractivity contribution >= 4 is 33.7 Å². The van der Waals surface area contributed by atoms with Gasteiger partial charge in [-0.25, -0.2) is 10.2 Å². The molecule has 0 amide bonds. The van der Waals surface area contributed by atoms with Crippen molar-refractivity contribution in [3.05, 3.63) is 16.7 Å². The third kappa shape index (κ3) is 5.31. The van der Waals surface area contributed by atoms with Crippen molar-refractivity contribution in [2.24, 2.45) is 5.92 Å². The smallest absolute Gasteiger partial charge is 0.149 e. The molecule has 0 aliphatic carbocycles. The van der Waals surface area contributed by atoms with Gasteiger partial charge in [0.2, 0.25) is 0 Å². The molecule has 6 heteroatoms. The minimum Gasteiger partial charge on any atom is -0.381 e. The molecule has 92 valence electrons. The van der Waals surface area contributed by atoms with Gasteiger partial charge < -0.3 is 15.4 Å². The number of anilines is 2. The molecule has 0 aromatic carbocycles. The number of nitrogens with zero attached hydrogens (tertiary/aromatic N) is 2. The van der Waals surface area contributed by atoms with Crippen molar-refractivity contribution in [1.82, 2.24) is 4.98 Å². The number of pyridine rings is 1. The highest BCUT2D eigenvalue weighted by Gasteiger charge is 2.04. The monoisotopic (exact) mass is 298 g/mol. The number of rotatable bonds is 5. The van der Waals surface area contributed by atoms with Crippen molar-refractivity contribution in [2.75, 3.05) is 24.2 Å². The molecule has 1 rings (SSSR count). The fourth-order valence-corrected chi connectivity index (χ4v) is 1.42. The minimum atomic E-state index is -0.00584. The number of hydrogen-bond donors (Lipinski definition) is 2. The summed E-state index contributed by atoms with van der Waals surface area (Å²) in [7, 11) is 1.81. The first-order valence-corrected chi connectivity index (χ1v) is 5.75. The van der Waals surface area contributed by atoms with Gasteiger partial charge in [-0.1, -0.05) is 6.92 Å². The first kappa shape index (κ1) is 15.4. The standard InChI is InChI=1S/C10H14BrN3O.CHN/c1-7(6-15)4-13-9-3-8(11)5-14-10(9)12-2;1-2/h3,5-7,13H,4H2,1-2H3,(H,12,14);1H. The number of aldehydes is 1. The second-order valence-corrected chi connectivity index (χ2v) is 4.21. The summed E-state index contributed by atoms with van der Waals surface area (Å²) in [6.07, 6.45) is 2.65. The summed E-state index contributed by atoms with van der Waals surface area (Å²) in [6.45, 7) is 5.97. The van der Waals surface area contributed by atoms with Crippen LogP contribution < -0.4 is 10.6 Å². The summed E-state index contributed by atoms with van der Waals surface area (Å²) in [6, 6.07) is 1.93. The molecule has 0 bridgehead atoms. The average Bonchev–Trinajstić information content (AvgIpc) is 2.38. The molecule has 1 aromatic rings. The molecule has 0 fully saturated rings. The van der Waals surface area contributed by atoms with Gasteiger partial charge in [0.1, 0.15) is 12.1 Å². The van der Waals surface area contributed by atoms with Crippen LogP contribution in [0, 0.1) is 17.8 Å². The van der Waals surface area contributed by atoms with Gasteiger partial charge in [-0.3, -0.25) is 0 Å². The van der Waals surface area contributed by atoms with Crippen LogP contribution in [0.4, 0.5) is 11.5 Å². The lowest BCUT2D eigenvalue weighted by atomic mass is 10.2. The quantitative estimate of drug-likeness (QED) is 0.816. The molecule has 17 heavy (non-hydrogen) atoms. The van der Waals surface area contributed by atoms with Crippen LogP contribution in [-0.4, -0.2) is 24.9 Å². The Morgan fingerprint density at radius 3 is 2.82 bits per heavy atom. The van der Waals surface area contributed by atoms with Gasteiger partial charge >= 0.3 is 0 Å². The van der Waals surface area contributed by atoms with Gasteiger partial charge in [0.25, 0.3) is 0 Å². The number of hydrogen-bond acceptors (Lipinski definition) is 5. The molecule has 0 spiro atoms. The lowest BCUT2D eigenvalue weighted by molar-refractivity contribution is -0.110. The Balaban J connectivity index is 0.00000121. The SMILES string of the molecule is C#N.CNc1ncc(Br)cc1NCC(C)C=O. The summed E-state index contributed by atoms with van der Waals surface area (Å²) >= 11 is 3.35. The summed E-state index contributed by atoms with van der Waals surface area (Å²) < 4.78 is 0.905. The lowest BCUT2D eigenvalue weighted by Gasteiger charge is -2.12. The molecule has 5 nitrogen and oxygen atoms in total. The molecule has 0 aliphatic rings. The van der Waals surface area contributed by atoms with E-state index in [4.69, 9.17) is 5.26 Å². The zero-order valence-corrected chi connectivity index (χ0v) is 11.4. The third-order valence-corrected chi connectivity index (χ3v) is 2.37. The molecule has 0 aliphatic heterocycles. The Morgan fingerprint density at radius 2 is 2.29 bits per heavy atom. The van der Waals surface area contributed by atoms with Gasteiger partial charge in [0, 0.05) is 36.8 Å². The molecule has 1 atom stereocenters. The number of nitriles is 1. The van der Waals surface area contributed by atoms with E-state index < -0.39 is 0 Å². The van der Waals surface area contributed by atoms with E-state index in [1.54, 1.807) is 6.20 Å². The van der Waals surface area contributed by atoms with Gasteiger partial charge in [0.15, 0.2) is 0 Å². The number of aromatic nitrogens is 1. The molecule has 2 N–H and O–H groups in total. The maximum Gasteiger partial charge on any atom is 0.149 e. The first-order valence-electron chi connectivity index (χ1n) is 4.95. The second-order valence-electron chi connectivity index (χ2n) is 3.29. The first-order chi connectivity index (χ1) is 8.17. The summed E-state index contributed by atoms with van der Waals surface area (Å²) in [5.41, 5.74) is 0.889. The maximum atomic E-state index is 10.5. The largest absolute Gasteiger partial charge is 0.381 e. The van der Waals surface area contributed by atoms with Crippen LogP contribution in [0.15, 0.2) is 16.7 Å². The van der Waals surface area contributed by atoms with Crippen LogP contribution in [-0.2, 0) is 4.79 Å².